The summed E-state index contributed by atoms with van der Waals surface area (Å²) < 4.78 is 4.95. The van der Waals surface area contributed by atoms with E-state index in [1.807, 2.05) is 6.92 Å². The molecule has 0 bridgehead atoms. The molecule has 1 aromatic rings. The summed E-state index contributed by atoms with van der Waals surface area (Å²) in [7, 11) is 0. The van der Waals surface area contributed by atoms with E-state index in [1.165, 1.54) is 18.2 Å². The number of ether oxygens (including phenoxy) is 1. The van der Waals surface area contributed by atoms with Crippen LogP contribution in [0.3, 0.4) is 0 Å². The van der Waals surface area contributed by atoms with Crippen molar-refractivity contribution < 1.29 is 19.1 Å². The Kier molecular flexibility index (Phi) is 7.28. The molecule has 0 saturated carbocycles. The van der Waals surface area contributed by atoms with Crippen molar-refractivity contribution >= 4 is 40.7 Å². The lowest BCUT2D eigenvalue weighted by atomic mass is 9.94. The van der Waals surface area contributed by atoms with Crippen molar-refractivity contribution in [2.45, 2.75) is 19.8 Å². The summed E-state index contributed by atoms with van der Waals surface area (Å²) in [5, 5.41) is 0.562. The Morgan fingerprint density at radius 1 is 1.32 bits per heavy atom. The van der Waals surface area contributed by atoms with Crippen molar-refractivity contribution in [1.29, 1.82) is 0 Å². The average molecular weight is 343 g/mol. The van der Waals surface area contributed by atoms with Gasteiger partial charge in [0.2, 0.25) is 0 Å². The van der Waals surface area contributed by atoms with Gasteiger partial charge in [0, 0.05) is 17.0 Å². The maximum absolute atomic E-state index is 12.3. The molecule has 0 aliphatic rings. The number of hydrogen-bond donors (Lipinski definition) is 0. The van der Waals surface area contributed by atoms with Crippen LogP contribution >= 0.6 is 23.2 Å². The molecule has 1 atom stereocenters. The number of halogens is 2. The van der Waals surface area contributed by atoms with E-state index in [0.717, 1.165) is 6.08 Å². The number of allylic oxidation sites excluding steroid dienone is 1. The lowest BCUT2D eigenvalue weighted by Gasteiger charge is -2.13. The van der Waals surface area contributed by atoms with E-state index in [2.05, 4.69) is 6.58 Å². The number of hydrogen-bond acceptors (Lipinski definition) is 4. The predicted molar refractivity (Wildman–Crippen MR) is 85.4 cm³/mol. The zero-order chi connectivity index (χ0) is 16.7. The second kappa shape index (κ2) is 8.71. The number of esters is 1. The van der Waals surface area contributed by atoms with Crippen molar-refractivity contribution in [3.8, 4) is 0 Å². The standard InChI is InChI=1S/C16H16Cl2O4/c1-3-7-22-16(21)12(14(19)4-2)9-15(20)11-6-5-10(17)8-13(11)18/h4-6,8,12H,2-3,7,9H2,1H3. The quantitative estimate of drug-likeness (QED) is 0.311. The second-order valence-corrected chi connectivity index (χ2v) is 5.42. The largest absolute Gasteiger partial charge is 0.465 e. The lowest BCUT2D eigenvalue weighted by Crippen LogP contribution is -2.28. The summed E-state index contributed by atoms with van der Waals surface area (Å²) in [6.45, 7) is 5.36. The summed E-state index contributed by atoms with van der Waals surface area (Å²) in [5.41, 5.74) is 0.205. The maximum Gasteiger partial charge on any atom is 0.317 e. The third-order valence-electron chi connectivity index (χ3n) is 2.90. The minimum absolute atomic E-state index is 0.171. The first-order chi connectivity index (χ1) is 10.4. The molecular weight excluding hydrogens is 327 g/mol. The van der Waals surface area contributed by atoms with Gasteiger partial charge in [0.25, 0.3) is 0 Å². The Labute approximate surface area is 139 Å². The Bertz CT molecular complexity index is 596. The molecule has 0 N–H and O–H groups in total. The topological polar surface area (TPSA) is 60.4 Å². The fourth-order valence-corrected chi connectivity index (χ4v) is 2.27. The van der Waals surface area contributed by atoms with E-state index >= 15 is 0 Å². The monoisotopic (exact) mass is 342 g/mol. The van der Waals surface area contributed by atoms with Crippen molar-refractivity contribution in [2.75, 3.05) is 6.61 Å². The highest BCUT2D eigenvalue weighted by Crippen LogP contribution is 2.24. The number of Topliss-reactive ketones (excluding diaryl/α,β-unsaturated/α-hetero) is 1. The van der Waals surface area contributed by atoms with E-state index in [-0.39, 0.29) is 23.6 Å². The van der Waals surface area contributed by atoms with Crippen molar-refractivity contribution in [3.05, 3.63) is 46.5 Å². The van der Waals surface area contributed by atoms with E-state index in [4.69, 9.17) is 27.9 Å². The number of carbonyl (C=O) groups is 3. The van der Waals surface area contributed by atoms with Gasteiger partial charge in [-0.15, -0.1) is 0 Å². The molecule has 0 spiro atoms. The molecule has 1 rings (SSSR count). The molecule has 118 valence electrons. The van der Waals surface area contributed by atoms with Crippen LogP contribution in [0.1, 0.15) is 30.1 Å². The third kappa shape index (κ3) is 4.97. The Hall–Kier alpha value is -1.65. The molecule has 4 nitrogen and oxygen atoms in total. The minimum atomic E-state index is -1.21. The molecule has 0 saturated heterocycles. The SMILES string of the molecule is C=CC(=O)C(CC(=O)c1ccc(Cl)cc1Cl)C(=O)OCCC. The van der Waals surface area contributed by atoms with Gasteiger partial charge in [0.1, 0.15) is 5.92 Å². The van der Waals surface area contributed by atoms with Crippen LogP contribution in [0.2, 0.25) is 10.0 Å². The molecule has 0 aliphatic heterocycles. The predicted octanol–water partition coefficient (Wildman–Crippen LogP) is 3.89. The summed E-state index contributed by atoms with van der Waals surface area (Å²) in [6, 6.07) is 4.40. The zero-order valence-electron chi connectivity index (χ0n) is 12.1. The van der Waals surface area contributed by atoms with E-state index in [9.17, 15) is 14.4 Å². The maximum atomic E-state index is 12.3. The molecule has 0 radical (unpaired) electrons. The molecule has 0 heterocycles. The average Bonchev–Trinajstić information content (AvgIpc) is 2.49. The first-order valence-electron chi connectivity index (χ1n) is 6.71. The number of rotatable bonds is 8. The van der Waals surface area contributed by atoms with Gasteiger partial charge in [0.05, 0.1) is 11.6 Å². The highest BCUT2D eigenvalue weighted by molar-refractivity contribution is 6.37. The summed E-state index contributed by atoms with van der Waals surface area (Å²) in [5.74, 6) is -2.93. The highest BCUT2D eigenvalue weighted by Gasteiger charge is 2.29. The number of carbonyl (C=O) groups excluding carboxylic acids is 3. The molecule has 0 amide bonds. The summed E-state index contributed by atoms with van der Waals surface area (Å²) >= 11 is 11.7. The van der Waals surface area contributed by atoms with Crippen LogP contribution in [0.15, 0.2) is 30.9 Å². The molecule has 1 aromatic carbocycles. The molecule has 0 aliphatic carbocycles. The Morgan fingerprint density at radius 2 is 2.00 bits per heavy atom. The smallest absolute Gasteiger partial charge is 0.317 e. The fourth-order valence-electron chi connectivity index (χ4n) is 1.76. The highest BCUT2D eigenvalue weighted by atomic mass is 35.5. The third-order valence-corrected chi connectivity index (χ3v) is 3.45. The molecule has 1 unspecified atom stereocenters. The van der Waals surface area contributed by atoms with Gasteiger partial charge in [-0.2, -0.15) is 0 Å². The summed E-state index contributed by atoms with van der Waals surface area (Å²) in [6.07, 6.45) is 1.31. The van der Waals surface area contributed by atoms with Crippen LogP contribution in [-0.4, -0.2) is 24.1 Å². The normalized spacial score (nSPS) is 11.6. The van der Waals surface area contributed by atoms with Gasteiger partial charge in [-0.05, 0) is 30.7 Å². The van der Waals surface area contributed by atoms with Crippen LogP contribution < -0.4 is 0 Å². The Morgan fingerprint density at radius 3 is 2.55 bits per heavy atom. The van der Waals surface area contributed by atoms with E-state index < -0.39 is 23.5 Å². The van der Waals surface area contributed by atoms with E-state index in [0.29, 0.717) is 11.4 Å². The molecule has 6 heteroatoms. The zero-order valence-corrected chi connectivity index (χ0v) is 13.6. The second-order valence-electron chi connectivity index (χ2n) is 4.58. The van der Waals surface area contributed by atoms with Crippen LogP contribution in [-0.2, 0) is 14.3 Å². The molecule has 22 heavy (non-hydrogen) atoms. The van der Waals surface area contributed by atoms with Gasteiger partial charge in [-0.1, -0.05) is 36.7 Å². The fraction of sp³-hybridized carbons (Fsp3) is 0.312. The van der Waals surface area contributed by atoms with Gasteiger partial charge in [-0.25, -0.2) is 0 Å². The van der Waals surface area contributed by atoms with E-state index in [1.54, 1.807) is 0 Å². The van der Waals surface area contributed by atoms with Gasteiger partial charge in [-0.3, -0.25) is 14.4 Å². The first kappa shape index (κ1) is 18.4. The van der Waals surface area contributed by atoms with Crippen molar-refractivity contribution in [3.63, 3.8) is 0 Å². The molecule has 0 aromatic heterocycles. The van der Waals surface area contributed by atoms with Gasteiger partial charge >= 0.3 is 5.97 Å². The van der Waals surface area contributed by atoms with Crippen molar-refractivity contribution in [2.24, 2.45) is 5.92 Å². The first-order valence-corrected chi connectivity index (χ1v) is 7.47. The van der Waals surface area contributed by atoms with Crippen molar-refractivity contribution in [1.82, 2.24) is 0 Å². The van der Waals surface area contributed by atoms with Crippen LogP contribution in [0, 0.1) is 5.92 Å². The van der Waals surface area contributed by atoms with Crippen LogP contribution in [0.5, 0.6) is 0 Å². The van der Waals surface area contributed by atoms with Gasteiger partial charge in [0.15, 0.2) is 11.6 Å². The van der Waals surface area contributed by atoms with Crippen LogP contribution in [0.4, 0.5) is 0 Å². The number of ketones is 2. The van der Waals surface area contributed by atoms with Gasteiger partial charge < -0.3 is 4.74 Å². The molecule has 0 fully saturated rings. The minimum Gasteiger partial charge on any atom is -0.465 e. The lowest BCUT2D eigenvalue weighted by molar-refractivity contribution is -0.151. The summed E-state index contributed by atoms with van der Waals surface area (Å²) in [4.78, 5) is 36.0. The molecular formula is C16H16Cl2O4. The Balaban J connectivity index is 2.93. The van der Waals surface area contributed by atoms with Crippen LogP contribution in [0.25, 0.3) is 0 Å². The number of benzene rings is 1.